The van der Waals surface area contributed by atoms with Gasteiger partial charge in [-0.3, -0.25) is 9.69 Å². The van der Waals surface area contributed by atoms with E-state index in [1.54, 1.807) is 4.90 Å². The van der Waals surface area contributed by atoms with Crippen LogP contribution in [0.5, 0.6) is 0 Å². The van der Waals surface area contributed by atoms with Crippen LogP contribution in [-0.2, 0) is 9.53 Å². The third kappa shape index (κ3) is 3.49. The molecule has 0 saturated carbocycles. The molecule has 20 heavy (non-hydrogen) atoms. The fourth-order valence-corrected chi connectivity index (χ4v) is 3.17. The number of nitrogens with zero attached hydrogens (tertiary/aromatic N) is 2. The Balaban J connectivity index is 2.06. The van der Waals surface area contributed by atoms with Crippen molar-refractivity contribution in [2.75, 3.05) is 33.3 Å². The highest BCUT2D eigenvalue weighted by atomic mass is 127. The molecule has 0 bridgehead atoms. The molecule has 0 spiro atoms. The largest absolute Gasteiger partial charge is 0.453 e. The van der Waals surface area contributed by atoms with Gasteiger partial charge in [0.25, 0.3) is 0 Å². The first-order chi connectivity index (χ1) is 9.63. The van der Waals surface area contributed by atoms with E-state index in [-0.39, 0.29) is 15.9 Å². The average molecular weight is 388 g/mol. The van der Waals surface area contributed by atoms with Gasteiger partial charge in [-0.25, -0.2) is 4.79 Å². The molecule has 0 N–H and O–H groups in total. The van der Waals surface area contributed by atoms with Crippen molar-refractivity contribution in [3.8, 4) is 0 Å². The van der Waals surface area contributed by atoms with Gasteiger partial charge in [0.15, 0.2) is 0 Å². The molecule has 1 aromatic carbocycles. The normalized spacial score (nSPS) is 17.6. The molecule has 1 aromatic rings. The summed E-state index contributed by atoms with van der Waals surface area (Å²) in [5.74, 6) is 0. The fourth-order valence-electron chi connectivity index (χ4n) is 2.41. The second kappa shape index (κ2) is 7.03. The predicted molar refractivity (Wildman–Crippen MR) is 83.8 cm³/mol. The number of benzene rings is 1. The molecule has 0 aliphatic carbocycles. The SMILES string of the molecule is COC(=O)N1CCN(C(C(=O)I)c2ccccc2)CC1. The summed E-state index contributed by atoms with van der Waals surface area (Å²) in [4.78, 5) is 27.2. The summed E-state index contributed by atoms with van der Waals surface area (Å²) in [7, 11) is 1.38. The topological polar surface area (TPSA) is 49.9 Å². The summed E-state index contributed by atoms with van der Waals surface area (Å²) >= 11 is 1.85. The van der Waals surface area contributed by atoms with E-state index in [0.29, 0.717) is 26.2 Å². The Bertz CT molecular complexity index is 473. The maximum absolute atomic E-state index is 12.0. The highest BCUT2D eigenvalue weighted by Crippen LogP contribution is 2.25. The number of hydrogen-bond donors (Lipinski definition) is 0. The van der Waals surface area contributed by atoms with Gasteiger partial charge in [0, 0.05) is 48.8 Å². The van der Waals surface area contributed by atoms with E-state index in [9.17, 15) is 9.59 Å². The van der Waals surface area contributed by atoms with E-state index in [0.717, 1.165) is 5.56 Å². The van der Waals surface area contributed by atoms with Crippen molar-refractivity contribution in [3.05, 3.63) is 35.9 Å². The van der Waals surface area contributed by atoms with Gasteiger partial charge in [-0.15, -0.1) is 0 Å². The zero-order valence-corrected chi connectivity index (χ0v) is 13.4. The van der Waals surface area contributed by atoms with E-state index in [2.05, 4.69) is 4.90 Å². The van der Waals surface area contributed by atoms with Crippen LogP contribution in [0.25, 0.3) is 0 Å². The zero-order valence-electron chi connectivity index (χ0n) is 11.3. The van der Waals surface area contributed by atoms with Crippen molar-refractivity contribution in [2.45, 2.75) is 6.04 Å². The molecule has 1 saturated heterocycles. The Morgan fingerprint density at radius 3 is 2.25 bits per heavy atom. The van der Waals surface area contributed by atoms with Gasteiger partial charge in [-0.05, 0) is 5.56 Å². The molecular formula is C14H17IN2O3. The summed E-state index contributed by atoms with van der Waals surface area (Å²) in [6.45, 7) is 2.51. The number of rotatable bonds is 3. The zero-order chi connectivity index (χ0) is 14.5. The highest BCUT2D eigenvalue weighted by molar-refractivity contribution is 14.1. The lowest BCUT2D eigenvalue weighted by Crippen LogP contribution is -2.50. The monoisotopic (exact) mass is 388 g/mol. The lowest BCUT2D eigenvalue weighted by Gasteiger charge is -2.37. The van der Waals surface area contributed by atoms with E-state index >= 15 is 0 Å². The molecule has 1 amide bonds. The van der Waals surface area contributed by atoms with Gasteiger partial charge in [0.2, 0.25) is 3.79 Å². The van der Waals surface area contributed by atoms with Crippen molar-refractivity contribution >= 4 is 32.5 Å². The van der Waals surface area contributed by atoms with Crippen molar-refractivity contribution in [3.63, 3.8) is 0 Å². The van der Waals surface area contributed by atoms with Crippen molar-refractivity contribution in [1.82, 2.24) is 9.80 Å². The van der Waals surface area contributed by atoms with Gasteiger partial charge in [-0.1, -0.05) is 30.3 Å². The minimum atomic E-state index is -0.304. The van der Waals surface area contributed by atoms with Gasteiger partial charge < -0.3 is 9.64 Å². The predicted octanol–water partition coefficient (Wildman–Crippen LogP) is 2.07. The third-order valence-corrected chi connectivity index (χ3v) is 4.03. The van der Waals surface area contributed by atoms with Gasteiger partial charge >= 0.3 is 6.09 Å². The summed E-state index contributed by atoms with van der Waals surface area (Å²) < 4.78 is 4.82. The smallest absolute Gasteiger partial charge is 0.409 e. The minimum absolute atomic E-state index is 0.0975. The van der Waals surface area contributed by atoms with E-state index < -0.39 is 0 Å². The number of hydrogen-bond acceptors (Lipinski definition) is 4. The van der Waals surface area contributed by atoms with Crippen LogP contribution in [0.4, 0.5) is 4.79 Å². The summed E-state index contributed by atoms with van der Waals surface area (Å²) in [5, 5.41) is 0. The fraction of sp³-hybridized carbons (Fsp3) is 0.429. The summed E-state index contributed by atoms with van der Waals surface area (Å²) in [6, 6.07) is 9.51. The van der Waals surface area contributed by atoms with Crippen molar-refractivity contribution in [2.24, 2.45) is 0 Å². The first-order valence-corrected chi connectivity index (χ1v) is 7.52. The number of methoxy groups -OCH3 is 1. The first kappa shape index (κ1) is 15.2. The summed E-state index contributed by atoms with van der Waals surface area (Å²) in [6.07, 6.45) is -0.304. The molecule has 1 unspecified atom stereocenters. The van der Waals surface area contributed by atoms with Crippen LogP contribution in [0.2, 0.25) is 0 Å². The van der Waals surface area contributed by atoms with Crippen molar-refractivity contribution in [1.29, 1.82) is 0 Å². The number of halogens is 1. The van der Waals surface area contributed by atoms with E-state index in [4.69, 9.17) is 4.74 Å². The van der Waals surface area contributed by atoms with Crippen LogP contribution < -0.4 is 0 Å². The van der Waals surface area contributed by atoms with Crippen LogP contribution in [0.3, 0.4) is 0 Å². The third-order valence-electron chi connectivity index (χ3n) is 3.44. The van der Waals surface area contributed by atoms with Gasteiger partial charge in [-0.2, -0.15) is 0 Å². The second-order valence-electron chi connectivity index (χ2n) is 4.61. The molecule has 6 heteroatoms. The number of carbonyl (C=O) groups excluding carboxylic acids is 2. The lowest BCUT2D eigenvalue weighted by molar-refractivity contribution is -0.114. The van der Waals surface area contributed by atoms with Crippen LogP contribution >= 0.6 is 22.6 Å². The molecule has 0 radical (unpaired) electrons. The highest BCUT2D eigenvalue weighted by Gasteiger charge is 2.30. The van der Waals surface area contributed by atoms with Gasteiger partial charge in [0.1, 0.15) is 6.04 Å². The number of amides is 1. The molecule has 0 aromatic heterocycles. The molecule has 2 rings (SSSR count). The van der Waals surface area contributed by atoms with Crippen LogP contribution in [0, 0.1) is 0 Å². The number of carbonyl (C=O) groups is 2. The Morgan fingerprint density at radius 1 is 1.15 bits per heavy atom. The molecule has 1 heterocycles. The first-order valence-electron chi connectivity index (χ1n) is 6.44. The Labute approximate surface area is 132 Å². The van der Waals surface area contributed by atoms with E-state index in [1.165, 1.54) is 7.11 Å². The number of piperazine rings is 1. The maximum Gasteiger partial charge on any atom is 0.409 e. The Hall–Kier alpha value is -1.15. The van der Waals surface area contributed by atoms with Crippen LogP contribution in [-0.4, -0.2) is 53.0 Å². The van der Waals surface area contributed by atoms with Crippen molar-refractivity contribution < 1.29 is 14.3 Å². The molecule has 1 aliphatic rings. The van der Waals surface area contributed by atoms with Gasteiger partial charge in [0.05, 0.1) is 7.11 Å². The summed E-state index contributed by atoms with van der Waals surface area (Å²) in [5.41, 5.74) is 0.999. The Kier molecular flexibility index (Phi) is 5.36. The molecule has 108 valence electrons. The molecule has 5 nitrogen and oxygen atoms in total. The van der Waals surface area contributed by atoms with Crippen LogP contribution in [0.1, 0.15) is 11.6 Å². The Morgan fingerprint density at radius 2 is 1.75 bits per heavy atom. The average Bonchev–Trinajstić information content (AvgIpc) is 2.48. The second-order valence-corrected chi connectivity index (χ2v) is 5.67. The number of ether oxygens (including phenoxy) is 1. The lowest BCUT2D eigenvalue weighted by atomic mass is 10.1. The quantitative estimate of drug-likeness (QED) is 0.588. The maximum atomic E-state index is 12.0. The molecule has 1 aliphatic heterocycles. The molecule has 1 atom stereocenters. The molecular weight excluding hydrogens is 371 g/mol. The standard InChI is InChI=1S/C14H17IN2O3/c1-20-14(19)17-9-7-16(8-10-17)12(13(15)18)11-5-3-2-4-6-11/h2-6,12H,7-10H2,1H3. The minimum Gasteiger partial charge on any atom is -0.453 e. The van der Waals surface area contributed by atoms with Crippen LogP contribution in [0.15, 0.2) is 30.3 Å². The van der Waals surface area contributed by atoms with E-state index in [1.807, 2.05) is 52.9 Å². The molecule has 1 fully saturated rings.